The molecule has 0 bridgehead atoms. The highest BCUT2D eigenvalue weighted by atomic mass is 32.2. The predicted octanol–water partition coefficient (Wildman–Crippen LogP) is 0.134. The number of benzene rings is 1. The van der Waals surface area contributed by atoms with Gasteiger partial charge in [0.05, 0.1) is 26.0 Å². The second-order valence-electron chi connectivity index (χ2n) is 4.72. The summed E-state index contributed by atoms with van der Waals surface area (Å²) in [5.41, 5.74) is 5.88. The zero-order chi connectivity index (χ0) is 15.9. The SMILES string of the molecule is COc1ccc(S(=O)(=O)NCCOCCN(C)C)c(N)c1. The van der Waals surface area contributed by atoms with Crippen LogP contribution in [-0.4, -0.2) is 60.8 Å². The van der Waals surface area contributed by atoms with Gasteiger partial charge in [0, 0.05) is 19.2 Å². The van der Waals surface area contributed by atoms with Gasteiger partial charge >= 0.3 is 0 Å². The number of nitrogens with two attached hydrogens (primary N) is 1. The van der Waals surface area contributed by atoms with Crippen LogP contribution in [0, 0.1) is 0 Å². The fraction of sp³-hybridized carbons (Fsp3) is 0.538. The number of ether oxygens (including phenoxy) is 2. The standard InChI is InChI=1S/C13H23N3O4S/c1-16(2)7-9-20-8-6-15-21(17,18)13-5-4-11(19-3)10-12(13)14/h4-5,10,15H,6-9,14H2,1-3H3. The Hall–Kier alpha value is -1.35. The highest BCUT2D eigenvalue weighted by Gasteiger charge is 2.17. The van der Waals surface area contributed by atoms with E-state index in [2.05, 4.69) is 4.72 Å². The quantitative estimate of drug-likeness (QED) is 0.497. The minimum absolute atomic E-state index is 0.0385. The van der Waals surface area contributed by atoms with E-state index >= 15 is 0 Å². The van der Waals surface area contributed by atoms with E-state index in [0.717, 1.165) is 6.54 Å². The van der Waals surface area contributed by atoms with E-state index in [-0.39, 0.29) is 17.1 Å². The van der Waals surface area contributed by atoms with Crippen LogP contribution >= 0.6 is 0 Å². The molecule has 7 nitrogen and oxygen atoms in total. The first-order valence-electron chi connectivity index (χ1n) is 6.52. The fourth-order valence-electron chi connectivity index (χ4n) is 1.57. The maximum atomic E-state index is 12.1. The van der Waals surface area contributed by atoms with Crippen LogP contribution in [0.3, 0.4) is 0 Å². The van der Waals surface area contributed by atoms with Gasteiger partial charge in [-0.25, -0.2) is 13.1 Å². The summed E-state index contributed by atoms with van der Waals surface area (Å²) in [4.78, 5) is 2.03. The van der Waals surface area contributed by atoms with Crippen molar-refractivity contribution in [1.82, 2.24) is 9.62 Å². The lowest BCUT2D eigenvalue weighted by Gasteiger charge is -2.12. The molecule has 1 aromatic rings. The van der Waals surface area contributed by atoms with Crippen LogP contribution in [0.25, 0.3) is 0 Å². The van der Waals surface area contributed by atoms with Crippen LogP contribution in [0.4, 0.5) is 5.69 Å². The van der Waals surface area contributed by atoms with E-state index < -0.39 is 10.0 Å². The van der Waals surface area contributed by atoms with Crippen LogP contribution in [0.15, 0.2) is 23.1 Å². The van der Waals surface area contributed by atoms with Crippen LogP contribution in [-0.2, 0) is 14.8 Å². The smallest absolute Gasteiger partial charge is 0.242 e. The Morgan fingerprint density at radius 1 is 1.29 bits per heavy atom. The number of likely N-dealkylation sites (N-methyl/N-ethyl adjacent to an activating group) is 1. The minimum atomic E-state index is -3.64. The first-order chi connectivity index (χ1) is 9.86. The monoisotopic (exact) mass is 317 g/mol. The zero-order valence-electron chi connectivity index (χ0n) is 12.6. The van der Waals surface area contributed by atoms with Crippen molar-refractivity contribution in [2.45, 2.75) is 4.90 Å². The fourth-order valence-corrected chi connectivity index (χ4v) is 2.70. The molecular weight excluding hydrogens is 294 g/mol. The summed E-state index contributed by atoms with van der Waals surface area (Å²) in [5.74, 6) is 0.512. The lowest BCUT2D eigenvalue weighted by atomic mass is 10.3. The van der Waals surface area contributed by atoms with Gasteiger partial charge in [-0.1, -0.05) is 0 Å². The molecule has 0 unspecified atom stereocenters. The number of nitrogen functional groups attached to an aromatic ring is 1. The van der Waals surface area contributed by atoms with Crippen LogP contribution in [0.2, 0.25) is 0 Å². The number of rotatable bonds is 9. The lowest BCUT2D eigenvalue weighted by Crippen LogP contribution is -2.29. The Morgan fingerprint density at radius 3 is 2.57 bits per heavy atom. The third-order valence-corrected chi connectivity index (χ3v) is 4.26. The predicted molar refractivity (Wildman–Crippen MR) is 82.0 cm³/mol. The van der Waals surface area contributed by atoms with Crippen molar-refractivity contribution in [2.24, 2.45) is 0 Å². The van der Waals surface area contributed by atoms with Crippen molar-refractivity contribution < 1.29 is 17.9 Å². The topological polar surface area (TPSA) is 93.9 Å². The molecule has 8 heteroatoms. The summed E-state index contributed by atoms with van der Waals surface area (Å²) >= 11 is 0. The lowest BCUT2D eigenvalue weighted by molar-refractivity contribution is 0.122. The average molecular weight is 317 g/mol. The molecule has 0 aromatic heterocycles. The summed E-state index contributed by atoms with van der Waals surface area (Å²) in [6, 6.07) is 4.45. The molecule has 21 heavy (non-hydrogen) atoms. The largest absolute Gasteiger partial charge is 0.497 e. The molecule has 0 fully saturated rings. The van der Waals surface area contributed by atoms with Crippen molar-refractivity contribution in [3.8, 4) is 5.75 Å². The molecule has 3 N–H and O–H groups in total. The number of hydrogen-bond donors (Lipinski definition) is 2. The molecule has 0 spiro atoms. The Kier molecular flexibility index (Phi) is 6.90. The third kappa shape index (κ3) is 5.88. The number of anilines is 1. The molecule has 0 heterocycles. The van der Waals surface area contributed by atoms with Crippen LogP contribution in [0.1, 0.15) is 0 Å². The molecule has 0 atom stereocenters. The molecule has 0 radical (unpaired) electrons. The van der Waals surface area contributed by atoms with Crippen LogP contribution in [0.5, 0.6) is 5.75 Å². The molecular formula is C13H23N3O4S. The van der Waals surface area contributed by atoms with Gasteiger partial charge in [0.1, 0.15) is 10.6 Å². The van der Waals surface area contributed by atoms with Gasteiger partial charge in [0.2, 0.25) is 10.0 Å². The number of sulfonamides is 1. The molecule has 120 valence electrons. The second kappa shape index (κ2) is 8.18. The van der Waals surface area contributed by atoms with Crippen molar-refractivity contribution in [3.05, 3.63) is 18.2 Å². The van der Waals surface area contributed by atoms with E-state index in [1.165, 1.54) is 19.2 Å². The number of nitrogens with zero attached hydrogens (tertiary/aromatic N) is 1. The van der Waals surface area contributed by atoms with E-state index in [9.17, 15) is 8.42 Å². The van der Waals surface area contributed by atoms with Crippen molar-refractivity contribution in [1.29, 1.82) is 0 Å². The second-order valence-corrected chi connectivity index (χ2v) is 6.45. The molecule has 0 aliphatic carbocycles. The number of methoxy groups -OCH3 is 1. The Labute approximate surface area is 126 Å². The van der Waals surface area contributed by atoms with Gasteiger partial charge in [0.25, 0.3) is 0 Å². The van der Waals surface area contributed by atoms with Gasteiger partial charge in [-0.05, 0) is 26.2 Å². The van der Waals surface area contributed by atoms with E-state index in [1.54, 1.807) is 6.07 Å². The average Bonchev–Trinajstić information content (AvgIpc) is 2.41. The van der Waals surface area contributed by atoms with Gasteiger partial charge in [-0.2, -0.15) is 0 Å². The van der Waals surface area contributed by atoms with E-state index in [4.69, 9.17) is 15.2 Å². The van der Waals surface area contributed by atoms with Gasteiger partial charge in [-0.3, -0.25) is 0 Å². The summed E-state index contributed by atoms with van der Waals surface area (Å²) in [7, 11) is 1.74. The van der Waals surface area contributed by atoms with Crippen LogP contribution < -0.4 is 15.2 Å². The molecule has 0 aliphatic rings. The van der Waals surface area contributed by atoms with Crippen molar-refractivity contribution in [3.63, 3.8) is 0 Å². The highest BCUT2D eigenvalue weighted by Crippen LogP contribution is 2.23. The maximum absolute atomic E-state index is 12.1. The maximum Gasteiger partial charge on any atom is 0.242 e. The molecule has 1 aromatic carbocycles. The summed E-state index contributed by atoms with van der Waals surface area (Å²) in [6.07, 6.45) is 0. The Bertz CT molecular complexity index is 546. The summed E-state index contributed by atoms with van der Waals surface area (Å²) in [6.45, 7) is 1.85. The first kappa shape index (κ1) is 17.7. The molecule has 0 aliphatic heterocycles. The molecule has 0 saturated carbocycles. The molecule has 1 rings (SSSR count). The highest BCUT2D eigenvalue weighted by molar-refractivity contribution is 7.89. The third-order valence-electron chi connectivity index (χ3n) is 2.73. The minimum Gasteiger partial charge on any atom is -0.497 e. The molecule has 0 amide bonds. The Balaban J connectivity index is 2.50. The normalized spacial score (nSPS) is 11.8. The van der Waals surface area contributed by atoms with Gasteiger partial charge < -0.3 is 20.1 Å². The summed E-state index contributed by atoms with van der Waals surface area (Å²) in [5, 5.41) is 0. The zero-order valence-corrected chi connectivity index (χ0v) is 13.4. The van der Waals surface area contributed by atoms with Gasteiger partial charge in [0.15, 0.2) is 0 Å². The number of hydrogen-bond acceptors (Lipinski definition) is 6. The summed E-state index contributed by atoms with van der Waals surface area (Å²) < 4.78 is 37.0. The molecule has 0 saturated heterocycles. The number of nitrogens with one attached hydrogen (secondary N) is 1. The van der Waals surface area contributed by atoms with E-state index in [0.29, 0.717) is 19.0 Å². The van der Waals surface area contributed by atoms with E-state index in [1.807, 2.05) is 19.0 Å². The van der Waals surface area contributed by atoms with Crippen molar-refractivity contribution in [2.75, 3.05) is 53.2 Å². The van der Waals surface area contributed by atoms with Crippen molar-refractivity contribution >= 4 is 15.7 Å². The van der Waals surface area contributed by atoms with Gasteiger partial charge in [-0.15, -0.1) is 0 Å². The Morgan fingerprint density at radius 2 is 2.00 bits per heavy atom. The first-order valence-corrected chi connectivity index (χ1v) is 8.01.